The Kier molecular flexibility index (Phi) is 4.70. The first-order valence-electron chi connectivity index (χ1n) is 7.86. The van der Waals surface area contributed by atoms with Gasteiger partial charge < -0.3 is 15.5 Å². The van der Waals surface area contributed by atoms with Crippen molar-refractivity contribution in [1.29, 1.82) is 0 Å². The minimum absolute atomic E-state index is 0.0776. The summed E-state index contributed by atoms with van der Waals surface area (Å²) >= 11 is 0. The molecule has 0 aliphatic carbocycles. The fourth-order valence-corrected chi connectivity index (χ4v) is 2.68. The number of amides is 2. The van der Waals surface area contributed by atoms with Crippen LogP contribution < -0.4 is 15.5 Å². The zero-order valence-corrected chi connectivity index (χ0v) is 13.1. The number of hydrogen-bond donors (Lipinski definition) is 2. The van der Waals surface area contributed by atoms with E-state index < -0.39 is 0 Å². The molecule has 0 saturated carbocycles. The first-order chi connectivity index (χ1) is 11.2. The average Bonchev–Trinajstić information content (AvgIpc) is 3.03. The summed E-state index contributed by atoms with van der Waals surface area (Å²) < 4.78 is 1.77. The fourth-order valence-electron chi connectivity index (χ4n) is 2.68. The summed E-state index contributed by atoms with van der Waals surface area (Å²) in [7, 11) is 0. The summed E-state index contributed by atoms with van der Waals surface area (Å²) in [6.45, 7) is 4.40. The Morgan fingerprint density at radius 2 is 2.22 bits per heavy atom. The predicted molar refractivity (Wildman–Crippen MR) is 87.3 cm³/mol. The van der Waals surface area contributed by atoms with Gasteiger partial charge in [-0.2, -0.15) is 5.10 Å². The minimum atomic E-state index is -0.207. The maximum absolute atomic E-state index is 12.1. The molecule has 2 aromatic rings. The fraction of sp³-hybridized carbons (Fsp3) is 0.467. The number of nitrogens with one attached hydrogen (secondary N) is 2. The van der Waals surface area contributed by atoms with E-state index >= 15 is 0 Å². The molecule has 0 unspecified atom stereocenters. The first kappa shape index (κ1) is 15.3. The van der Waals surface area contributed by atoms with Crippen molar-refractivity contribution >= 4 is 17.7 Å². The van der Waals surface area contributed by atoms with Crippen LogP contribution in [0, 0.1) is 0 Å². The van der Waals surface area contributed by atoms with Crippen LogP contribution in [0.1, 0.15) is 19.8 Å². The molecule has 0 spiro atoms. The van der Waals surface area contributed by atoms with Crippen LogP contribution in [0.25, 0.3) is 0 Å². The van der Waals surface area contributed by atoms with Crippen molar-refractivity contribution in [3.8, 4) is 0 Å². The third-order valence-electron chi connectivity index (χ3n) is 3.81. The molecule has 1 aliphatic heterocycles. The number of piperidine rings is 1. The van der Waals surface area contributed by atoms with Crippen molar-refractivity contribution in [1.82, 2.24) is 25.1 Å². The third-order valence-corrected chi connectivity index (χ3v) is 3.81. The highest BCUT2D eigenvalue weighted by Gasteiger charge is 2.23. The summed E-state index contributed by atoms with van der Waals surface area (Å²) in [6, 6.07) is 1.67. The second-order valence-corrected chi connectivity index (χ2v) is 5.52. The quantitative estimate of drug-likeness (QED) is 0.892. The Morgan fingerprint density at radius 3 is 2.96 bits per heavy atom. The lowest BCUT2D eigenvalue weighted by Crippen LogP contribution is -2.49. The van der Waals surface area contributed by atoms with Crippen molar-refractivity contribution in [3.05, 3.63) is 30.9 Å². The summed E-state index contributed by atoms with van der Waals surface area (Å²) in [4.78, 5) is 22.8. The summed E-state index contributed by atoms with van der Waals surface area (Å²) in [5, 5.41) is 9.96. The van der Waals surface area contributed by atoms with E-state index in [0.29, 0.717) is 18.2 Å². The molecule has 1 atom stereocenters. The van der Waals surface area contributed by atoms with Crippen LogP contribution in [-0.2, 0) is 6.54 Å². The zero-order chi connectivity index (χ0) is 16.1. The van der Waals surface area contributed by atoms with Gasteiger partial charge in [0.15, 0.2) is 0 Å². The Bertz CT molecular complexity index is 642. The summed E-state index contributed by atoms with van der Waals surface area (Å²) in [5.41, 5.74) is 0.698. The van der Waals surface area contributed by atoms with Gasteiger partial charge in [0.2, 0.25) is 5.95 Å². The van der Waals surface area contributed by atoms with E-state index in [1.165, 1.54) is 0 Å². The predicted octanol–water partition coefficient (Wildman–Crippen LogP) is 1.48. The van der Waals surface area contributed by atoms with Crippen molar-refractivity contribution in [2.45, 2.75) is 32.4 Å². The maximum Gasteiger partial charge on any atom is 0.319 e. The molecule has 2 N–H and O–H groups in total. The number of carbonyl (C=O) groups excluding carboxylic acids is 1. The minimum Gasteiger partial charge on any atom is -0.339 e. The SMILES string of the molecule is CCn1cc(NC(=O)N[C@@H]2CCCN(c3ncccn3)C2)cn1. The Hall–Kier alpha value is -2.64. The number of aromatic nitrogens is 4. The van der Waals surface area contributed by atoms with Crippen molar-refractivity contribution in [3.63, 3.8) is 0 Å². The van der Waals surface area contributed by atoms with Gasteiger partial charge in [0, 0.05) is 44.3 Å². The van der Waals surface area contributed by atoms with Crippen molar-refractivity contribution < 1.29 is 4.79 Å². The summed E-state index contributed by atoms with van der Waals surface area (Å²) in [5.74, 6) is 0.712. The largest absolute Gasteiger partial charge is 0.339 e. The molecular formula is C15H21N7O. The van der Waals surface area contributed by atoms with E-state index in [1.54, 1.807) is 29.3 Å². The number of carbonyl (C=O) groups is 1. The number of rotatable bonds is 4. The average molecular weight is 315 g/mol. The van der Waals surface area contributed by atoms with Crippen LogP contribution in [0.15, 0.2) is 30.9 Å². The monoisotopic (exact) mass is 315 g/mol. The number of nitrogens with zero attached hydrogens (tertiary/aromatic N) is 5. The molecule has 3 rings (SSSR count). The van der Waals surface area contributed by atoms with Gasteiger partial charge in [-0.25, -0.2) is 14.8 Å². The van der Waals surface area contributed by atoms with Gasteiger partial charge in [-0.1, -0.05) is 0 Å². The molecule has 23 heavy (non-hydrogen) atoms. The second kappa shape index (κ2) is 7.08. The van der Waals surface area contributed by atoms with Crippen LogP contribution in [0.5, 0.6) is 0 Å². The van der Waals surface area contributed by atoms with E-state index in [-0.39, 0.29) is 12.1 Å². The van der Waals surface area contributed by atoms with Gasteiger partial charge in [-0.15, -0.1) is 0 Å². The van der Waals surface area contributed by atoms with Crippen LogP contribution in [0.2, 0.25) is 0 Å². The van der Waals surface area contributed by atoms with Gasteiger partial charge in [-0.3, -0.25) is 4.68 Å². The Balaban J connectivity index is 1.54. The van der Waals surface area contributed by atoms with Crippen molar-refractivity contribution in [2.75, 3.05) is 23.3 Å². The highest BCUT2D eigenvalue weighted by molar-refractivity contribution is 5.89. The highest BCUT2D eigenvalue weighted by atomic mass is 16.2. The van der Waals surface area contributed by atoms with Gasteiger partial charge >= 0.3 is 6.03 Å². The van der Waals surface area contributed by atoms with E-state index in [0.717, 1.165) is 25.9 Å². The van der Waals surface area contributed by atoms with Crippen LogP contribution in [0.3, 0.4) is 0 Å². The van der Waals surface area contributed by atoms with Gasteiger partial charge in [0.05, 0.1) is 11.9 Å². The zero-order valence-electron chi connectivity index (χ0n) is 13.1. The van der Waals surface area contributed by atoms with E-state index in [4.69, 9.17) is 0 Å². The molecule has 8 nitrogen and oxygen atoms in total. The Labute approximate surface area is 134 Å². The normalized spacial score (nSPS) is 17.8. The van der Waals surface area contributed by atoms with Crippen LogP contribution >= 0.6 is 0 Å². The molecule has 2 amide bonds. The molecule has 8 heteroatoms. The first-order valence-corrected chi connectivity index (χ1v) is 7.86. The number of urea groups is 1. The lowest BCUT2D eigenvalue weighted by Gasteiger charge is -2.33. The second-order valence-electron chi connectivity index (χ2n) is 5.52. The van der Waals surface area contributed by atoms with Gasteiger partial charge in [0.1, 0.15) is 0 Å². The van der Waals surface area contributed by atoms with Gasteiger partial charge in [0.25, 0.3) is 0 Å². The molecular weight excluding hydrogens is 294 g/mol. The molecule has 1 fully saturated rings. The number of anilines is 2. The summed E-state index contributed by atoms with van der Waals surface area (Å²) in [6.07, 6.45) is 8.87. The van der Waals surface area contributed by atoms with Crippen LogP contribution in [-0.4, -0.2) is 44.9 Å². The van der Waals surface area contributed by atoms with Crippen LogP contribution in [0.4, 0.5) is 16.4 Å². The number of hydrogen-bond acceptors (Lipinski definition) is 5. The standard InChI is InChI=1S/C15H21N7O/c1-2-22-11-13(9-18-22)20-15(23)19-12-5-3-8-21(10-12)14-16-6-4-7-17-14/h4,6-7,9,11-12H,2-3,5,8,10H2,1H3,(H2,19,20,23)/t12-/m1/s1. The molecule has 0 aromatic carbocycles. The van der Waals surface area contributed by atoms with Crippen molar-refractivity contribution in [2.24, 2.45) is 0 Å². The van der Waals surface area contributed by atoms with E-state index in [2.05, 4.69) is 30.6 Å². The smallest absolute Gasteiger partial charge is 0.319 e. The molecule has 0 radical (unpaired) electrons. The lowest BCUT2D eigenvalue weighted by molar-refractivity contribution is 0.246. The van der Waals surface area contributed by atoms with E-state index in [9.17, 15) is 4.79 Å². The van der Waals surface area contributed by atoms with Gasteiger partial charge in [-0.05, 0) is 25.8 Å². The molecule has 1 saturated heterocycles. The molecule has 0 bridgehead atoms. The maximum atomic E-state index is 12.1. The molecule has 122 valence electrons. The topological polar surface area (TPSA) is 88.0 Å². The third kappa shape index (κ3) is 3.97. The molecule has 1 aliphatic rings. The van der Waals surface area contributed by atoms with E-state index in [1.807, 2.05) is 13.1 Å². The molecule has 3 heterocycles. The highest BCUT2D eigenvalue weighted by Crippen LogP contribution is 2.15. The Morgan fingerprint density at radius 1 is 1.39 bits per heavy atom. The molecule has 2 aromatic heterocycles. The number of aryl methyl sites for hydroxylation is 1. The lowest BCUT2D eigenvalue weighted by atomic mass is 10.1.